The van der Waals surface area contributed by atoms with E-state index in [1.165, 1.54) is 11.1 Å². The van der Waals surface area contributed by atoms with Crippen molar-refractivity contribution in [2.45, 2.75) is 20.0 Å². The number of benzene rings is 1. The molecule has 0 bridgehead atoms. The minimum atomic E-state index is -3.06. The van der Waals surface area contributed by atoms with Crippen LogP contribution in [0.1, 0.15) is 18.1 Å². The van der Waals surface area contributed by atoms with Crippen molar-refractivity contribution < 1.29 is 8.42 Å². The molecule has 0 spiro atoms. The highest BCUT2D eigenvalue weighted by Gasteiger charge is 2.17. The van der Waals surface area contributed by atoms with Crippen molar-refractivity contribution >= 4 is 10.0 Å². The second-order valence-corrected chi connectivity index (χ2v) is 6.37. The van der Waals surface area contributed by atoms with E-state index < -0.39 is 10.0 Å². The van der Waals surface area contributed by atoms with Gasteiger partial charge in [-0.25, -0.2) is 13.1 Å². The zero-order valence-corrected chi connectivity index (χ0v) is 10.8. The van der Waals surface area contributed by atoms with E-state index in [0.717, 1.165) is 19.6 Å². The first-order valence-corrected chi connectivity index (χ1v) is 7.52. The number of hydrogen-bond donors (Lipinski definition) is 1. The van der Waals surface area contributed by atoms with Gasteiger partial charge >= 0.3 is 0 Å². The van der Waals surface area contributed by atoms with Crippen LogP contribution in [0.2, 0.25) is 0 Å². The molecule has 1 aliphatic heterocycles. The fourth-order valence-electron chi connectivity index (χ4n) is 2.02. The van der Waals surface area contributed by atoms with Gasteiger partial charge in [0.15, 0.2) is 0 Å². The lowest BCUT2D eigenvalue weighted by atomic mass is 10.1. The SMILES string of the molecule is CCS(=O)(=O)NCCN1Cc2ccccc2C1. The Balaban J connectivity index is 1.81. The average Bonchev–Trinajstić information content (AvgIpc) is 2.71. The predicted octanol–water partition coefficient (Wildman–Crippen LogP) is 0.941. The number of nitrogens with one attached hydrogen (secondary N) is 1. The van der Waals surface area contributed by atoms with Crippen LogP contribution in [-0.2, 0) is 23.1 Å². The summed E-state index contributed by atoms with van der Waals surface area (Å²) in [4.78, 5) is 2.25. The van der Waals surface area contributed by atoms with Gasteiger partial charge < -0.3 is 0 Å². The average molecular weight is 254 g/mol. The van der Waals surface area contributed by atoms with Gasteiger partial charge in [-0.3, -0.25) is 4.90 Å². The minimum absolute atomic E-state index is 0.146. The van der Waals surface area contributed by atoms with Gasteiger partial charge in [0.2, 0.25) is 10.0 Å². The molecule has 2 rings (SSSR count). The van der Waals surface area contributed by atoms with Gasteiger partial charge in [-0.2, -0.15) is 0 Å². The Hall–Kier alpha value is -0.910. The van der Waals surface area contributed by atoms with E-state index in [9.17, 15) is 8.42 Å². The van der Waals surface area contributed by atoms with Crippen molar-refractivity contribution in [3.05, 3.63) is 35.4 Å². The van der Waals surface area contributed by atoms with E-state index in [0.29, 0.717) is 6.54 Å². The Morgan fingerprint density at radius 3 is 2.35 bits per heavy atom. The lowest BCUT2D eigenvalue weighted by molar-refractivity contribution is 0.289. The minimum Gasteiger partial charge on any atom is -0.294 e. The highest BCUT2D eigenvalue weighted by Crippen LogP contribution is 2.21. The van der Waals surface area contributed by atoms with Crippen molar-refractivity contribution in [2.24, 2.45) is 0 Å². The van der Waals surface area contributed by atoms with Crippen molar-refractivity contribution in [3.8, 4) is 0 Å². The largest absolute Gasteiger partial charge is 0.294 e. The molecule has 0 saturated carbocycles. The molecule has 1 aromatic carbocycles. The topological polar surface area (TPSA) is 49.4 Å². The number of rotatable bonds is 5. The number of hydrogen-bond acceptors (Lipinski definition) is 3. The molecule has 1 aliphatic rings. The van der Waals surface area contributed by atoms with Crippen molar-refractivity contribution in [2.75, 3.05) is 18.8 Å². The van der Waals surface area contributed by atoms with Gasteiger partial charge in [0.05, 0.1) is 5.75 Å². The van der Waals surface area contributed by atoms with Gasteiger partial charge in [0.1, 0.15) is 0 Å². The molecule has 0 aliphatic carbocycles. The lowest BCUT2D eigenvalue weighted by Gasteiger charge is -2.14. The second kappa shape index (κ2) is 5.16. The first-order chi connectivity index (χ1) is 8.11. The fraction of sp³-hybridized carbons (Fsp3) is 0.500. The Bertz CT molecular complexity index is 460. The standard InChI is InChI=1S/C12H18N2O2S/c1-2-17(15,16)13-7-8-14-9-11-5-3-4-6-12(11)10-14/h3-6,13H,2,7-10H2,1H3. The normalized spacial score (nSPS) is 16.1. The summed E-state index contributed by atoms with van der Waals surface area (Å²) in [5, 5.41) is 0. The molecule has 1 aromatic rings. The molecule has 0 aromatic heterocycles. The van der Waals surface area contributed by atoms with Crippen molar-refractivity contribution in [1.82, 2.24) is 9.62 Å². The molecule has 0 amide bonds. The first kappa shape index (κ1) is 12.5. The molecular formula is C12H18N2O2S. The lowest BCUT2D eigenvalue weighted by Crippen LogP contribution is -2.33. The van der Waals surface area contributed by atoms with Gasteiger partial charge in [-0.05, 0) is 18.1 Å². The molecule has 1 N–H and O–H groups in total. The maximum atomic E-state index is 11.3. The second-order valence-electron chi connectivity index (χ2n) is 4.28. The number of nitrogens with zero attached hydrogens (tertiary/aromatic N) is 1. The summed E-state index contributed by atoms with van der Waals surface area (Å²) in [6, 6.07) is 8.35. The third kappa shape index (κ3) is 3.28. The van der Waals surface area contributed by atoms with Crippen LogP contribution in [0.4, 0.5) is 0 Å². The molecule has 17 heavy (non-hydrogen) atoms. The van der Waals surface area contributed by atoms with E-state index in [2.05, 4.69) is 21.8 Å². The van der Waals surface area contributed by atoms with Crippen LogP contribution >= 0.6 is 0 Å². The summed E-state index contributed by atoms with van der Waals surface area (Å²) in [5.41, 5.74) is 2.71. The Kier molecular flexibility index (Phi) is 3.81. The Morgan fingerprint density at radius 1 is 1.24 bits per heavy atom. The summed E-state index contributed by atoms with van der Waals surface area (Å²) in [5.74, 6) is 0.146. The van der Waals surface area contributed by atoms with E-state index in [1.54, 1.807) is 6.92 Å². The molecule has 0 fully saturated rings. The third-order valence-electron chi connectivity index (χ3n) is 3.04. The van der Waals surface area contributed by atoms with E-state index >= 15 is 0 Å². The number of sulfonamides is 1. The molecule has 5 heteroatoms. The molecule has 0 unspecified atom stereocenters. The highest BCUT2D eigenvalue weighted by molar-refractivity contribution is 7.89. The van der Waals surface area contributed by atoms with Gasteiger partial charge in [0, 0.05) is 26.2 Å². The maximum absolute atomic E-state index is 11.3. The maximum Gasteiger partial charge on any atom is 0.211 e. The van der Waals surface area contributed by atoms with Crippen LogP contribution in [0.25, 0.3) is 0 Å². The molecule has 1 heterocycles. The molecule has 94 valence electrons. The van der Waals surface area contributed by atoms with Crippen LogP contribution in [-0.4, -0.2) is 32.2 Å². The summed E-state index contributed by atoms with van der Waals surface area (Å²) < 4.78 is 25.1. The zero-order valence-electron chi connectivity index (χ0n) is 10.0. The van der Waals surface area contributed by atoms with Crippen molar-refractivity contribution in [1.29, 1.82) is 0 Å². The van der Waals surface area contributed by atoms with E-state index in [4.69, 9.17) is 0 Å². The molecule has 4 nitrogen and oxygen atoms in total. The number of fused-ring (bicyclic) bond motifs is 1. The Labute approximate surface area is 103 Å². The summed E-state index contributed by atoms with van der Waals surface area (Å²) in [6.45, 7) is 4.74. The summed E-state index contributed by atoms with van der Waals surface area (Å²) in [7, 11) is -3.06. The summed E-state index contributed by atoms with van der Waals surface area (Å²) in [6.07, 6.45) is 0. The smallest absolute Gasteiger partial charge is 0.211 e. The Morgan fingerprint density at radius 2 is 1.82 bits per heavy atom. The van der Waals surface area contributed by atoms with E-state index in [-0.39, 0.29) is 5.75 Å². The highest BCUT2D eigenvalue weighted by atomic mass is 32.2. The van der Waals surface area contributed by atoms with Crippen LogP contribution < -0.4 is 4.72 Å². The van der Waals surface area contributed by atoms with Gasteiger partial charge in [0.25, 0.3) is 0 Å². The third-order valence-corrected chi connectivity index (χ3v) is 4.44. The molecule has 0 saturated heterocycles. The van der Waals surface area contributed by atoms with Crippen LogP contribution in [0.15, 0.2) is 24.3 Å². The first-order valence-electron chi connectivity index (χ1n) is 5.87. The van der Waals surface area contributed by atoms with Crippen LogP contribution in [0.3, 0.4) is 0 Å². The summed E-state index contributed by atoms with van der Waals surface area (Å²) >= 11 is 0. The van der Waals surface area contributed by atoms with Crippen LogP contribution in [0.5, 0.6) is 0 Å². The molecular weight excluding hydrogens is 236 g/mol. The van der Waals surface area contributed by atoms with Gasteiger partial charge in [-0.1, -0.05) is 24.3 Å². The fourth-order valence-corrected chi connectivity index (χ4v) is 2.63. The van der Waals surface area contributed by atoms with Gasteiger partial charge in [-0.15, -0.1) is 0 Å². The zero-order chi connectivity index (χ0) is 12.3. The predicted molar refractivity (Wildman–Crippen MR) is 68.0 cm³/mol. The van der Waals surface area contributed by atoms with Crippen molar-refractivity contribution in [3.63, 3.8) is 0 Å². The molecule has 0 atom stereocenters. The van der Waals surface area contributed by atoms with E-state index in [1.807, 2.05) is 12.1 Å². The van der Waals surface area contributed by atoms with Crippen LogP contribution in [0, 0.1) is 0 Å². The quantitative estimate of drug-likeness (QED) is 0.851. The monoisotopic (exact) mass is 254 g/mol. The molecule has 0 radical (unpaired) electrons.